The fraction of sp³-hybridized carbons (Fsp3) is 0.706. The standard InChI is InChI=1S/C17H29N3/c1-6-13(4)20(5)17-10-14(11-18-15-7-8-15)9-16(19-17)12(2)3/h9-10,12-13,15,18H,6-8,11H2,1-5H3. The van der Waals surface area contributed by atoms with Gasteiger partial charge in [0, 0.05) is 31.4 Å². The molecule has 1 aliphatic rings. The Labute approximate surface area is 123 Å². The Morgan fingerprint density at radius 1 is 1.30 bits per heavy atom. The molecule has 0 spiro atoms. The first-order chi connectivity index (χ1) is 9.51. The molecule has 1 N–H and O–H groups in total. The third kappa shape index (κ3) is 3.95. The average molecular weight is 275 g/mol. The number of hydrogen-bond acceptors (Lipinski definition) is 3. The van der Waals surface area contributed by atoms with E-state index >= 15 is 0 Å². The van der Waals surface area contributed by atoms with Crippen LogP contribution in [0.15, 0.2) is 12.1 Å². The summed E-state index contributed by atoms with van der Waals surface area (Å²) in [7, 11) is 2.15. The van der Waals surface area contributed by atoms with Gasteiger partial charge in [0.25, 0.3) is 0 Å². The van der Waals surface area contributed by atoms with Gasteiger partial charge >= 0.3 is 0 Å². The van der Waals surface area contributed by atoms with E-state index in [0.717, 1.165) is 24.8 Å². The summed E-state index contributed by atoms with van der Waals surface area (Å²) >= 11 is 0. The molecule has 0 aromatic carbocycles. The maximum Gasteiger partial charge on any atom is 0.129 e. The lowest BCUT2D eigenvalue weighted by molar-refractivity contribution is 0.649. The molecule has 1 aliphatic carbocycles. The zero-order valence-electron chi connectivity index (χ0n) is 13.6. The number of nitrogens with one attached hydrogen (secondary N) is 1. The van der Waals surface area contributed by atoms with Gasteiger partial charge in [0.1, 0.15) is 5.82 Å². The molecule has 112 valence electrons. The summed E-state index contributed by atoms with van der Waals surface area (Å²) in [5, 5.41) is 3.60. The fourth-order valence-corrected chi connectivity index (χ4v) is 2.22. The van der Waals surface area contributed by atoms with Crippen LogP contribution in [-0.4, -0.2) is 24.1 Å². The van der Waals surface area contributed by atoms with Crippen molar-refractivity contribution in [1.82, 2.24) is 10.3 Å². The summed E-state index contributed by atoms with van der Waals surface area (Å²) in [5.41, 5.74) is 2.56. The quantitative estimate of drug-likeness (QED) is 0.822. The number of aromatic nitrogens is 1. The van der Waals surface area contributed by atoms with Gasteiger partial charge in [0.2, 0.25) is 0 Å². The van der Waals surface area contributed by atoms with E-state index in [1.54, 1.807) is 0 Å². The highest BCUT2D eigenvalue weighted by atomic mass is 15.2. The predicted octanol–water partition coefficient (Wildman–Crippen LogP) is 3.69. The molecule has 1 aromatic rings. The van der Waals surface area contributed by atoms with Gasteiger partial charge in [0.15, 0.2) is 0 Å². The Bertz CT molecular complexity index is 438. The van der Waals surface area contributed by atoms with Gasteiger partial charge in [-0.05, 0) is 49.8 Å². The van der Waals surface area contributed by atoms with Crippen molar-refractivity contribution < 1.29 is 0 Å². The molecule has 1 aromatic heterocycles. The van der Waals surface area contributed by atoms with E-state index < -0.39 is 0 Å². The van der Waals surface area contributed by atoms with E-state index in [0.29, 0.717) is 12.0 Å². The van der Waals surface area contributed by atoms with Crippen molar-refractivity contribution in [2.75, 3.05) is 11.9 Å². The van der Waals surface area contributed by atoms with Crippen LogP contribution in [0.3, 0.4) is 0 Å². The monoisotopic (exact) mass is 275 g/mol. The highest BCUT2D eigenvalue weighted by molar-refractivity contribution is 5.43. The van der Waals surface area contributed by atoms with E-state index in [1.807, 2.05) is 0 Å². The number of anilines is 1. The fourth-order valence-electron chi connectivity index (χ4n) is 2.22. The van der Waals surface area contributed by atoms with Crippen LogP contribution in [0, 0.1) is 0 Å². The summed E-state index contributed by atoms with van der Waals surface area (Å²) in [4.78, 5) is 7.14. The second-order valence-corrected chi connectivity index (χ2v) is 6.44. The van der Waals surface area contributed by atoms with E-state index in [4.69, 9.17) is 4.98 Å². The Morgan fingerprint density at radius 2 is 2.00 bits per heavy atom. The molecule has 0 radical (unpaired) electrons. The summed E-state index contributed by atoms with van der Waals surface area (Å²) in [6, 6.07) is 5.78. The molecular weight excluding hydrogens is 246 g/mol. The van der Waals surface area contributed by atoms with Gasteiger partial charge in [-0.15, -0.1) is 0 Å². The summed E-state index contributed by atoms with van der Waals surface area (Å²) in [6.45, 7) is 9.88. The number of nitrogens with zero attached hydrogens (tertiary/aromatic N) is 2. The van der Waals surface area contributed by atoms with Crippen LogP contribution >= 0.6 is 0 Å². The molecule has 1 saturated carbocycles. The van der Waals surface area contributed by atoms with Gasteiger partial charge in [-0.2, -0.15) is 0 Å². The summed E-state index contributed by atoms with van der Waals surface area (Å²) in [5.74, 6) is 1.58. The Kier molecular flexibility index (Phi) is 5.03. The van der Waals surface area contributed by atoms with Gasteiger partial charge in [-0.1, -0.05) is 20.8 Å². The van der Waals surface area contributed by atoms with Gasteiger partial charge in [-0.3, -0.25) is 0 Å². The highest BCUT2D eigenvalue weighted by Gasteiger charge is 2.20. The zero-order chi connectivity index (χ0) is 14.7. The second kappa shape index (κ2) is 6.57. The number of hydrogen-bond donors (Lipinski definition) is 1. The van der Waals surface area contributed by atoms with Crippen LogP contribution in [0.2, 0.25) is 0 Å². The first-order valence-corrected chi connectivity index (χ1v) is 7.98. The van der Waals surface area contributed by atoms with Crippen molar-refractivity contribution >= 4 is 5.82 Å². The third-order valence-corrected chi connectivity index (χ3v) is 4.27. The lowest BCUT2D eigenvalue weighted by Gasteiger charge is -2.26. The molecule has 2 rings (SSSR count). The molecule has 1 heterocycles. The minimum Gasteiger partial charge on any atom is -0.357 e. The smallest absolute Gasteiger partial charge is 0.129 e. The van der Waals surface area contributed by atoms with Crippen LogP contribution in [0.5, 0.6) is 0 Å². The van der Waals surface area contributed by atoms with Crippen molar-refractivity contribution in [2.24, 2.45) is 0 Å². The maximum atomic E-state index is 4.84. The SMILES string of the molecule is CCC(C)N(C)c1cc(CNC2CC2)cc(C(C)C)n1. The molecule has 3 nitrogen and oxygen atoms in total. The van der Waals surface area contributed by atoms with E-state index in [-0.39, 0.29) is 0 Å². The molecule has 0 bridgehead atoms. The number of pyridine rings is 1. The van der Waals surface area contributed by atoms with Crippen molar-refractivity contribution in [3.05, 3.63) is 23.4 Å². The Hall–Kier alpha value is -1.09. The maximum absolute atomic E-state index is 4.84. The topological polar surface area (TPSA) is 28.2 Å². The second-order valence-electron chi connectivity index (χ2n) is 6.44. The first kappa shape index (κ1) is 15.3. The van der Waals surface area contributed by atoms with E-state index in [9.17, 15) is 0 Å². The van der Waals surface area contributed by atoms with Crippen LogP contribution < -0.4 is 10.2 Å². The number of rotatable bonds is 7. The van der Waals surface area contributed by atoms with Crippen LogP contribution in [-0.2, 0) is 6.54 Å². The summed E-state index contributed by atoms with van der Waals surface area (Å²) < 4.78 is 0. The minimum absolute atomic E-state index is 0.472. The molecule has 3 heteroatoms. The normalized spacial score (nSPS) is 16.5. The van der Waals surface area contributed by atoms with E-state index in [2.05, 4.69) is 57.1 Å². The Balaban J connectivity index is 2.19. The molecular formula is C17H29N3. The average Bonchev–Trinajstić information content (AvgIpc) is 3.27. The van der Waals surface area contributed by atoms with Crippen LogP contribution in [0.1, 0.15) is 64.1 Å². The molecule has 1 atom stereocenters. The molecule has 1 unspecified atom stereocenters. The molecule has 0 amide bonds. The van der Waals surface area contributed by atoms with Crippen molar-refractivity contribution in [3.8, 4) is 0 Å². The lowest BCUT2D eigenvalue weighted by atomic mass is 10.1. The largest absolute Gasteiger partial charge is 0.357 e. The van der Waals surface area contributed by atoms with Gasteiger partial charge in [0.05, 0.1) is 0 Å². The molecule has 1 fully saturated rings. The van der Waals surface area contributed by atoms with Crippen molar-refractivity contribution in [1.29, 1.82) is 0 Å². The highest BCUT2D eigenvalue weighted by Crippen LogP contribution is 2.23. The van der Waals surface area contributed by atoms with Crippen LogP contribution in [0.4, 0.5) is 5.82 Å². The van der Waals surface area contributed by atoms with Crippen LogP contribution in [0.25, 0.3) is 0 Å². The van der Waals surface area contributed by atoms with Crippen molar-refractivity contribution in [2.45, 2.75) is 71.5 Å². The third-order valence-electron chi connectivity index (χ3n) is 4.27. The van der Waals surface area contributed by atoms with Gasteiger partial charge < -0.3 is 10.2 Å². The summed E-state index contributed by atoms with van der Waals surface area (Å²) in [6.07, 6.45) is 3.81. The van der Waals surface area contributed by atoms with E-state index in [1.165, 1.54) is 24.1 Å². The molecule has 20 heavy (non-hydrogen) atoms. The Morgan fingerprint density at radius 3 is 2.55 bits per heavy atom. The zero-order valence-corrected chi connectivity index (χ0v) is 13.6. The lowest BCUT2D eigenvalue weighted by Crippen LogP contribution is -2.29. The predicted molar refractivity (Wildman–Crippen MR) is 86.3 cm³/mol. The van der Waals surface area contributed by atoms with Gasteiger partial charge in [-0.25, -0.2) is 4.98 Å². The molecule has 0 aliphatic heterocycles. The van der Waals surface area contributed by atoms with Crippen molar-refractivity contribution in [3.63, 3.8) is 0 Å². The molecule has 0 saturated heterocycles. The minimum atomic E-state index is 0.472. The first-order valence-electron chi connectivity index (χ1n) is 7.98.